The summed E-state index contributed by atoms with van der Waals surface area (Å²) in [6.07, 6.45) is 0.219. The standard InChI is InChI=1S/C15H23FN2O3/c1-3-20-14(21-4-2)11-18-15(19)17-10-9-12-5-7-13(16)8-6-12/h5-8,14H,3-4,9-11H2,1-2H3,(H2,17,18,19). The van der Waals surface area contributed by atoms with Crippen molar-refractivity contribution in [3.63, 3.8) is 0 Å². The third-order valence-corrected chi connectivity index (χ3v) is 2.75. The number of hydrogen-bond acceptors (Lipinski definition) is 3. The van der Waals surface area contributed by atoms with Gasteiger partial charge >= 0.3 is 6.03 Å². The van der Waals surface area contributed by atoms with Gasteiger partial charge in [0.05, 0.1) is 6.54 Å². The monoisotopic (exact) mass is 298 g/mol. The zero-order valence-corrected chi connectivity index (χ0v) is 12.5. The summed E-state index contributed by atoms with van der Waals surface area (Å²) in [6.45, 7) is 5.57. The Kier molecular flexibility index (Phi) is 8.38. The zero-order chi connectivity index (χ0) is 15.5. The van der Waals surface area contributed by atoms with E-state index >= 15 is 0 Å². The summed E-state index contributed by atoms with van der Waals surface area (Å²) in [4.78, 5) is 11.6. The molecule has 21 heavy (non-hydrogen) atoms. The molecule has 0 aliphatic heterocycles. The second-order valence-corrected chi connectivity index (χ2v) is 4.35. The van der Waals surface area contributed by atoms with E-state index in [1.54, 1.807) is 12.1 Å². The normalized spacial score (nSPS) is 10.7. The molecule has 0 radical (unpaired) electrons. The average molecular weight is 298 g/mol. The highest BCUT2D eigenvalue weighted by molar-refractivity contribution is 5.73. The Bertz CT molecular complexity index is 406. The van der Waals surface area contributed by atoms with Gasteiger partial charge in [0, 0.05) is 19.8 Å². The molecule has 2 amide bonds. The first-order chi connectivity index (χ1) is 10.2. The van der Waals surface area contributed by atoms with E-state index in [4.69, 9.17) is 9.47 Å². The van der Waals surface area contributed by atoms with Gasteiger partial charge in [-0.25, -0.2) is 9.18 Å². The Morgan fingerprint density at radius 1 is 1.14 bits per heavy atom. The minimum Gasteiger partial charge on any atom is -0.351 e. The van der Waals surface area contributed by atoms with Crippen molar-refractivity contribution < 1.29 is 18.7 Å². The summed E-state index contributed by atoms with van der Waals surface area (Å²) < 4.78 is 23.4. The van der Waals surface area contributed by atoms with Crippen LogP contribution in [0.4, 0.5) is 9.18 Å². The lowest BCUT2D eigenvalue weighted by Gasteiger charge is -2.17. The molecule has 118 valence electrons. The van der Waals surface area contributed by atoms with Crippen molar-refractivity contribution in [3.8, 4) is 0 Å². The molecule has 0 fully saturated rings. The van der Waals surface area contributed by atoms with Crippen LogP contribution < -0.4 is 10.6 Å². The van der Waals surface area contributed by atoms with Gasteiger partial charge in [-0.05, 0) is 38.0 Å². The summed E-state index contributed by atoms with van der Waals surface area (Å²) in [7, 11) is 0. The minimum atomic E-state index is -0.428. The van der Waals surface area contributed by atoms with Crippen LogP contribution in [-0.2, 0) is 15.9 Å². The lowest BCUT2D eigenvalue weighted by Crippen LogP contribution is -2.42. The van der Waals surface area contributed by atoms with Crippen LogP contribution in [0, 0.1) is 5.82 Å². The van der Waals surface area contributed by atoms with Crippen molar-refractivity contribution in [1.29, 1.82) is 0 Å². The number of urea groups is 1. The number of carbonyl (C=O) groups is 1. The second-order valence-electron chi connectivity index (χ2n) is 4.35. The lowest BCUT2D eigenvalue weighted by atomic mass is 10.1. The number of rotatable bonds is 9. The Morgan fingerprint density at radius 2 is 1.76 bits per heavy atom. The molecule has 1 aromatic rings. The highest BCUT2D eigenvalue weighted by Crippen LogP contribution is 2.02. The van der Waals surface area contributed by atoms with Gasteiger partial charge in [0.1, 0.15) is 5.82 Å². The van der Waals surface area contributed by atoms with Gasteiger partial charge in [-0.2, -0.15) is 0 Å². The largest absolute Gasteiger partial charge is 0.351 e. The SMILES string of the molecule is CCOC(CNC(=O)NCCc1ccc(F)cc1)OCC. The first-order valence-corrected chi connectivity index (χ1v) is 7.15. The van der Waals surface area contributed by atoms with Crippen LogP contribution in [0.2, 0.25) is 0 Å². The van der Waals surface area contributed by atoms with Crippen molar-refractivity contribution in [3.05, 3.63) is 35.6 Å². The van der Waals surface area contributed by atoms with Crippen LogP contribution in [0.5, 0.6) is 0 Å². The molecule has 0 aromatic heterocycles. The molecule has 0 aliphatic rings. The fourth-order valence-corrected chi connectivity index (χ4v) is 1.75. The van der Waals surface area contributed by atoms with Crippen molar-refractivity contribution >= 4 is 6.03 Å². The smallest absolute Gasteiger partial charge is 0.314 e. The van der Waals surface area contributed by atoms with Crippen molar-refractivity contribution in [1.82, 2.24) is 10.6 Å². The van der Waals surface area contributed by atoms with Crippen molar-refractivity contribution in [2.45, 2.75) is 26.6 Å². The molecule has 0 saturated heterocycles. The van der Waals surface area contributed by atoms with E-state index in [0.29, 0.717) is 32.7 Å². The molecule has 0 aliphatic carbocycles. The molecule has 1 rings (SSSR count). The first kappa shape index (κ1) is 17.4. The van der Waals surface area contributed by atoms with Gasteiger partial charge in [0.25, 0.3) is 0 Å². The fraction of sp³-hybridized carbons (Fsp3) is 0.533. The van der Waals surface area contributed by atoms with E-state index in [1.165, 1.54) is 12.1 Å². The molecular weight excluding hydrogens is 275 g/mol. The number of nitrogens with one attached hydrogen (secondary N) is 2. The maximum absolute atomic E-state index is 12.7. The predicted molar refractivity (Wildman–Crippen MR) is 78.5 cm³/mol. The Labute approximate surface area is 124 Å². The topological polar surface area (TPSA) is 59.6 Å². The van der Waals surface area contributed by atoms with Gasteiger partial charge < -0.3 is 20.1 Å². The van der Waals surface area contributed by atoms with Crippen LogP contribution in [0.1, 0.15) is 19.4 Å². The van der Waals surface area contributed by atoms with Gasteiger partial charge in [-0.1, -0.05) is 12.1 Å². The van der Waals surface area contributed by atoms with Crippen LogP contribution in [0.25, 0.3) is 0 Å². The van der Waals surface area contributed by atoms with E-state index in [1.807, 2.05) is 13.8 Å². The van der Waals surface area contributed by atoms with Gasteiger partial charge in [-0.15, -0.1) is 0 Å². The highest BCUT2D eigenvalue weighted by atomic mass is 19.1. The third-order valence-electron chi connectivity index (χ3n) is 2.75. The molecule has 6 heteroatoms. The minimum absolute atomic E-state index is 0.262. The van der Waals surface area contributed by atoms with Crippen molar-refractivity contribution in [2.75, 3.05) is 26.3 Å². The molecule has 1 aromatic carbocycles. The van der Waals surface area contributed by atoms with Crippen LogP contribution in [0.3, 0.4) is 0 Å². The Hall–Kier alpha value is -1.66. The van der Waals surface area contributed by atoms with E-state index in [2.05, 4.69) is 10.6 Å². The Balaban J connectivity index is 2.19. The van der Waals surface area contributed by atoms with Gasteiger partial charge in [0.15, 0.2) is 6.29 Å². The molecule has 0 unspecified atom stereocenters. The van der Waals surface area contributed by atoms with Crippen LogP contribution >= 0.6 is 0 Å². The zero-order valence-electron chi connectivity index (χ0n) is 12.5. The van der Waals surface area contributed by atoms with E-state index in [-0.39, 0.29) is 11.8 Å². The third kappa shape index (κ3) is 7.63. The number of amides is 2. The van der Waals surface area contributed by atoms with E-state index in [9.17, 15) is 9.18 Å². The predicted octanol–water partition coefficient (Wildman–Crippen LogP) is 2.07. The van der Waals surface area contributed by atoms with Gasteiger partial charge in [0.2, 0.25) is 0 Å². The molecular formula is C15H23FN2O3. The lowest BCUT2D eigenvalue weighted by molar-refractivity contribution is -0.131. The molecule has 0 heterocycles. The summed E-state index contributed by atoms with van der Waals surface area (Å²) in [5, 5.41) is 5.42. The summed E-state index contributed by atoms with van der Waals surface area (Å²) in [6, 6.07) is 5.94. The summed E-state index contributed by atoms with van der Waals surface area (Å²) >= 11 is 0. The summed E-state index contributed by atoms with van der Waals surface area (Å²) in [5.41, 5.74) is 0.971. The molecule has 0 spiro atoms. The maximum Gasteiger partial charge on any atom is 0.314 e. The average Bonchev–Trinajstić information content (AvgIpc) is 2.47. The molecule has 0 atom stereocenters. The number of halogens is 1. The number of carbonyl (C=O) groups excluding carboxylic acids is 1. The number of hydrogen-bond donors (Lipinski definition) is 2. The van der Waals surface area contributed by atoms with E-state index < -0.39 is 6.29 Å². The van der Waals surface area contributed by atoms with E-state index in [0.717, 1.165) is 5.56 Å². The van der Waals surface area contributed by atoms with Crippen LogP contribution in [-0.4, -0.2) is 38.6 Å². The fourth-order valence-electron chi connectivity index (χ4n) is 1.75. The molecule has 0 bridgehead atoms. The first-order valence-electron chi connectivity index (χ1n) is 7.15. The maximum atomic E-state index is 12.7. The molecule has 0 saturated carbocycles. The van der Waals surface area contributed by atoms with Crippen molar-refractivity contribution in [2.24, 2.45) is 0 Å². The quantitative estimate of drug-likeness (QED) is 0.686. The van der Waals surface area contributed by atoms with Gasteiger partial charge in [-0.3, -0.25) is 0 Å². The second kappa shape index (κ2) is 10.1. The number of benzene rings is 1. The van der Waals surface area contributed by atoms with Crippen LogP contribution in [0.15, 0.2) is 24.3 Å². The molecule has 5 nitrogen and oxygen atoms in total. The molecule has 2 N–H and O–H groups in total. The Morgan fingerprint density at radius 3 is 2.33 bits per heavy atom. The number of ether oxygens (including phenoxy) is 2. The summed E-state index contributed by atoms with van der Waals surface area (Å²) in [5.74, 6) is -0.262. The highest BCUT2D eigenvalue weighted by Gasteiger charge is 2.09.